The van der Waals surface area contributed by atoms with Crippen molar-refractivity contribution >= 4 is 12.4 Å². The van der Waals surface area contributed by atoms with E-state index >= 15 is 0 Å². The maximum absolute atomic E-state index is 5.16. The van der Waals surface area contributed by atoms with Gasteiger partial charge in [-0.25, -0.2) is 0 Å². The first kappa shape index (κ1) is 20.2. The molecule has 0 spiro atoms. The molecule has 0 radical (unpaired) electrons. The van der Waals surface area contributed by atoms with Crippen molar-refractivity contribution in [2.45, 2.75) is 90.1 Å². The normalized spacial score (nSPS) is 16.9. The van der Waals surface area contributed by atoms with Crippen molar-refractivity contribution in [2.24, 2.45) is 0 Å². The largest absolute Gasteiger partial charge is 0.372 e. The molecular formula is C17H36ClNO. The standard InChI is InChI=1S/C17H35NO.ClH/c1-2-3-4-5-6-7-8-9-10-11-12-13-14-18-15-17-16-19-17;/h17-18H,2-16H2,1H3;1H. The van der Waals surface area contributed by atoms with Crippen LogP contribution in [0.2, 0.25) is 0 Å². The number of nitrogens with one attached hydrogen (secondary N) is 1. The van der Waals surface area contributed by atoms with Crippen molar-refractivity contribution in [1.29, 1.82) is 0 Å². The molecule has 0 bridgehead atoms. The Morgan fingerprint density at radius 2 is 1.25 bits per heavy atom. The van der Waals surface area contributed by atoms with Gasteiger partial charge in [-0.15, -0.1) is 12.4 Å². The van der Waals surface area contributed by atoms with E-state index in [0.717, 1.165) is 13.2 Å². The minimum atomic E-state index is 0. The predicted octanol–water partition coefficient (Wildman–Crippen LogP) is 5.10. The van der Waals surface area contributed by atoms with E-state index in [1.807, 2.05) is 0 Å². The fraction of sp³-hybridized carbons (Fsp3) is 1.00. The Bertz CT molecular complexity index is 186. The predicted molar refractivity (Wildman–Crippen MR) is 90.9 cm³/mol. The SMILES string of the molecule is CCCCCCCCCCCCCCNCC1CO1.Cl. The number of rotatable bonds is 15. The molecule has 0 aromatic carbocycles. The zero-order valence-electron chi connectivity index (χ0n) is 13.5. The lowest BCUT2D eigenvalue weighted by Crippen LogP contribution is -2.20. The molecule has 1 fully saturated rings. The minimum absolute atomic E-state index is 0. The monoisotopic (exact) mass is 305 g/mol. The van der Waals surface area contributed by atoms with Crippen LogP contribution < -0.4 is 5.32 Å². The van der Waals surface area contributed by atoms with Gasteiger partial charge in [0.25, 0.3) is 0 Å². The molecule has 1 atom stereocenters. The van der Waals surface area contributed by atoms with Crippen LogP contribution >= 0.6 is 12.4 Å². The van der Waals surface area contributed by atoms with Crippen LogP contribution in [0.1, 0.15) is 84.0 Å². The topological polar surface area (TPSA) is 24.6 Å². The first-order valence-corrected chi connectivity index (χ1v) is 8.76. The highest BCUT2D eigenvalue weighted by Gasteiger charge is 2.20. The van der Waals surface area contributed by atoms with Crippen LogP contribution in [-0.4, -0.2) is 25.8 Å². The maximum Gasteiger partial charge on any atom is 0.0933 e. The molecule has 1 N–H and O–H groups in total. The summed E-state index contributed by atoms with van der Waals surface area (Å²) in [6.45, 7) is 5.51. The molecule has 0 aromatic rings. The zero-order chi connectivity index (χ0) is 13.6. The molecular weight excluding hydrogens is 270 g/mol. The van der Waals surface area contributed by atoms with Gasteiger partial charge in [0.15, 0.2) is 0 Å². The second-order valence-corrected chi connectivity index (χ2v) is 6.05. The van der Waals surface area contributed by atoms with E-state index in [2.05, 4.69) is 12.2 Å². The third-order valence-electron chi connectivity index (χ3n) is 3.98. The van der Waals surface area contributed by atoms with Gasteiger partial charge >= 0.3 is 0 Å². The quantitative estimate of drug-likeness (QED) is 0.336. The number of epoxide rings is 1. The van der Waals surface area contributed by atoms with E-state index in [1.165, 1.54) is 83.6 Å². The summed E-state index contributed by atoms with van der Waals surface area (Å²) in [6, 6.07) is 0. The van der Waals surface area contributed by atoms with Gasteiger partial charge < -0.3 is 10.1 Å². The van der Waals surface area contributed by atoms with Crippen LogP contribution in [0.5, 0.6) is 0 Å². The van der Waals surface area contributed by atoms with E-state index in [9.17, 15) is 0 Å². The average Bonchev–Trinajstić information content (AvgIpc) is 3.23. The lowest BCUT2D eigenvalue weighted by molar-refractivity contribution is 0.395. The van der Waals surface area contributed by atoms with Gasteiger partial charge in [-0.2, -0.15) is 0 Å². The molecule has 1 aliphatic rings. The number of ether oxygens (including phenoxy) is 1. The highest BCUT2D eigenvalue weighted by molar-refractivity contribution is 5.85. The molecule has 3 heteroatoms. The summed E-state index contributed by atoms with van der Waals surface area (Å²) in [7, 11) is 0. The molecule has 122 valence electrons. The molecule has 20 heavy (non-hydrogen) atoms. The van der Waals surface area contributed by atoms with Gasteiger partial charge in [0, 0.05) is 6.54 Å². The Kier molecular flexibility index (Phi) is 15.8. The summed E-state index contributed by atoms with van der Waals surface area (Å²) in [5.74, 6) is 0. The van der Waals surface area contributed by atoms with E-state index in [-0.39, 0.29) is 12.4 Å². The third-order valence-corrected chi connectivity index (χ3v) is 3.98. The van der Waals surface area contributed by atoms with Crippen molar-refractivity contribution in [3.63, 3.8) is 0 Å². The Morgan fingerprint density at radius 3 is 1.70 bits per heavy atom. The number of unbranched alkanes of at least 4 members (excludes halogenated alkanes) is 11. The molecule has 1 saturated heterocycles. The van der Waals surface area contributed by atoms with Crippen LogP contribution in [0, 0.1) is 0 Å². The van der Waals surface area contributed by atoms with Crippen molar-refractivity contribution in [1.82, 2.24) is 5.32 Å². The maximum atomic E-state index is 5.16. The minimum Gasteiger partial charge on any atom is -0.372 e. The molecule has 1 rings (SSSR count). The van der Waals surface area contributed by atoms with E-state index in [0.29, 0.717) is 6.10 Å². The number of hydrogen-bond donors (Lipinski definition) is 1. The molecule has 1 heterocycles. The first-order chi connectivity index (χ1) is 9.43. The highest BCUT2D eigenvalue weighted by Crippen LogP contribution is 2.11. The van der Waals surface area contributed by atoms with Gasteiger partial charge in [0.2, 0.25) is 0 Å². The van der Waals surface area contributed by atoms with Crippen molar-refractivity contribution in [2.75, 3.05) is 19.7 Å². The molecule has 1 unspecified atom stereocenters. The third kappa shape index (κ3) is 14.6. The van der Waals surface area contributed by atoms with Crippen LogP contribution in [0.4, 0.5) is 0 Å². The number of hydrogen-bond acceptors (Lipinski definition) is 2. The van der Waals surface area contributed by atoms with Crippen LogP contribution in [-0.2, 0) is 4.74 Å². The van der Waals surface area contributed by atoms with Gasteiger partial charge in [-0.05, 0) is 13.0 Å². The van der Waals surface area contributed by atoms with Gasteiger partial charge in [-0.3, -0.25) is 0 Å². The van der Waals surface area contributed by atoms with Crippen molar-refractivity contribution in [3.8, 4) is 0 Å². The molecule has 0 amide bonds. The molecule has 0 aliphatic carbocycles. The van der Waals surface area contributed by atoms with Gasteiger partial charge in [0.05, 0.1) is 12.7 Å². The molecule has 2 nitrogen and oxygen atoms in total. The highest BCUT2D eigenvalue weighted by atomic mass is 35.5. The summed E-state index contributed by atoms with van der Waals surface area (Å²) < 4.78 is 5.16. The Morgan fingerprint density at radius 1 is 0.800 bits per heavy atom. The fourth-order valence-electron chi connectivity index (χ4n) is 2.54. The van der Waals surface area contributed by atoms with E-state index < -0.39 is 0 Å². The summed E-state index contributed by atoms with van der Waals surface area (Å²) in [5.41, 5.74) is 0. The fourth-order valence-corrected chi connectivity index (χ4v) is 2.54. The second kappa shape index (κ2) is 15.6. The van der Waals surface area contributed by atoms with Crippen molar-refractivity contribution < 1.29 is 4.74 Å². The lowest BCUT2D eigenvalue weighted by Gasteiger charge is -2.03. The molecule has 1 aliphatic heterocycles. The second-order valence-electron chi connectivity index (χ2n) is 6.05. The Hall–Kier alpha value is 0.210. The van der Waals surface area contributed by atoms with E-state index in [1.54, 1.807) is 0 Å². The molecule has 0 saturated carbocycles. The summed E-state index contributed by atoms with van der Waals surface area (Å²) in [4.78, 5) is 0. The van der Waals surface area contributed by atoms with Crippen LogP contribution in [0.3, 0.4) is 0 Å². The van der Waals surface area contributed by atoms with Gasteiger partial charge in [0.1, 0.15) is 0 Å². The van der Waals surface area contributed by atoms with Crippen LogP contribution in [0.25, 0.3) is 0 Å². The summed E-state index contributed by atoms with van der Waals surface area (Å²) in [6.07, 6.45) is 17.7. The zero-order valence-corrected chi connectivity index (χ0v) is 14.3. The first-order valence-electron chi connectivity index (χ1n) is 8.76. The smallest absolute Gasteiger partial charge is 0.0933 e. The molecule has 0 aromatic heterocycles. The summed E-state index contributed by atoms with van der Waals surface area (Å²) >= 11 is 0. The van der Waals surface area contributed by atoms with Gasteiger partial charge in [-0.1, -0.05) is 77.6 Å². The summed E-state index contributed by atoms with van der Waals surface area (Å²) in [5, 5.41) is 3.46. The lowest BCUT2D eigenvalue weighted by atomic mass is 10.1. The van der Waals surface area contributed by atoms with Crippen molar-refractivity contribution in [3.05, 3.63) is 0 Å². The van der Waals surface area contributed by atoms with E-state index in [4.69, 9.17) is 4.74 Å². The number of halogens is 1. The average molecular weight is 306 g/mol. The van der Waals surface area contributed by atoms with Crippen LogP contribution in [0.15, 0.2) is 0 Å². The Balaban J connectivity index is 0.00000361. The Labute approximate surface area is 132 Å².